The van der Waals surface area contributed by atoms with Gasteiger partial charge in [-0.3, -0.25) is 5.32 Å². The summed E-state index contributed by atoms with van der Waals surface area (Å²) in [4.78, 5) is 0. The third-order valence-electron chi connectivity index (χ3n) is 1.20. The Kier molecular flexibility index (Phi) is 7.39. The van der Waals surface area contributed by atoms with Gasteiger partial charge in [0.15, 0.2) is 0 Å². The lowest BCUT2D eigenvalue weighted by atomic mass is 10.5. The highest BCUT2D eigenvalue weighted by Gasteiger charge is 1.93. The summed E-state index contributed by atoms with van der Waals surface area (Å²) in [5, 5.41) is 14.8. The van der Waals surface area contributed by atoms with Gasteiger partial charge in [0, 0.05) is 26.2 Å². The molecule has 1 unspecified atom stereocenters. The zero-order valence-electron chi connectivity index (χ0n) is 6.71. The summed E-state index contributed by atoms with van der Waals surface area (Å²) in [6.07, 6.45) is 0.845. The van der Waals surface area contributed by atoms with Crippen LogP contribution < -0.4 is 16.4 Å². The molecule has 5 N–H and O–H groups in total. The number of rotatable bonds is 7. The molecule has 0 spiro atoms. The van der Waals surface area contributed by atoms with Gasteiger partial charge >= 0.3 is 0 Å². The Morgan fingerprint density at radius 2 is 2.18 bits per heavy atom. The topological polar surface area (TPSA) is 70.3 Å². The Morgan fingerprint density at radius 3 is 2.73 bits per heavy atom. The van der Waals surface area contributed by atoms with Gasteiger partial charge in [0.1, 0.15) is 6.23 Å². The molecule has 0 aromatic carbocycles. The van der Waals surface area contributed by atoms with Crippen LogP contribution in [0, 0.1) is 0 Å². The predicted octanol–water partition coefficient (Wildman–Crippen LogP) is -1.37. The van der Waals surface area contributed by atoms with E-state index >= 15 is 0 Å². The van der Waals surface area contributed by atoms with E-state index < -0.39 is 6.23 Å². The van der Waals surface area contributed by atoms with Crippen molar-refractivity contribution in [2.45, 2.75) is 6.23 Å². The van der Waals surface area contributed by atoms with Crippen molar-refractivity contribution in [1.82, 2.24) is 10.6 Å². The molecule has 0 amide bonds. The van der Waals surface area contributed by atoms with Crippen LogP contribution in [0.15, 0.2) is 12.7 Å². The van der Waals surface area contributed by atoms with Crippen molar-refractivity contribution in [2.24, 2.45) is 5.73 Å². The Labute approximate surface area is 67.5 Å². The minimum atomic E-state index is -0.602. The van der Waals surface area contributed by atoms with Gasteiger partial charge < -0.3 is 16.2 Å². The van der Waals surface area contributed by atoms with E-state index in [0.717, 1.165) is 13.1 Å². The molecule has 0 aliphatic carbocycles. The molecule has 0 rings (SSSR count). The molecule has 0 aromatic rings. The normalized spacial score (nSPS) is 12.9. The smallest absolute Gasteiger partial charge is 0.123 e. The van der Waals surface area contributed by atoms with Crippen LogP contribution in [0.3, 0.4) is 0 Å². The fraction of sp³-hybridized carbons (Fsp3) is 0.714. The van der Waals surface area contributed by atoms with Gasteiger partial charge in [-0.1, -0.05) is 6.58 Å². The van der Waals surface area contributed by atoms with Gasteiger partial charge in [0.05, 0.1) is 0 Å². The molecule has 0 radical (unpaired) electrons. The molecule has 11 heavy (non-hydrogen) atoms. The highest BCUT2D eigenvalue weighted by atomic mass is 16.3. The van der Waals surface area contributed by atoms with E-state index in [4.69, 9.17) is 10.8 Å². The van der Waals surface area contributed by atoms with Crippen LogP contribution >= 0.6 is 0 Å². The summed E-state index contributed by atoms with van der Waals surface area (Å²) in [6.45, 7) is 6.40. The van der Waals surface area contributed by atoms with E-state index in [1.807, 2.05) is 0 Å². The molecular formula is C7H17N3O. The Balaban J connectivity index is 2.95. The first-order valence-electron chi connectivity index (χ1n) is 3.76. The van der Waals surface area contributed by atoms with Crippen LogP contribution in [0.25, 0.3) is 0 Å². The van der Waals surface area contributed by atoms with Crippen molar-refractivity contribution in [3.8, 4) is 0 Å². The van der Waals surface area contributed by atoms with E-state index in [9.17, 15) is 0 Å². The van der Waals surface area contributed by atoms with E-state index in [1.54, 1.807) is 0 Å². The van der Waals surface area contributed by atoms with Gasteiger partial charge in [0.25, 0.3) is 0 Å². The summed E-state index contributed by atoms with van der Waals surface area (Å²) in [5.41, 5.74) is 5.25. The average Bonchev–Trinajstić information content (AvgIpc) is 2.04. The van der Waals surface area contributed by atoms with Crippen molar-refractivity contribution in [1.29, 1.82) is 0 Å². The van der Waals surface area contributed by atoms with Crippen LogP contribution in [-0.4, -0.2) is 37.5 Å². The molecule has 0 aliphatic rings. The molecule has 0 aromatic heterocycles. The maximum absolute atomic E-state index is 8.93. The molecule has 66 valence electrons. The summed E-state index contributed by atoms with van der Waals surface area (Å²) in [6, 6.07) is 0. The largest absolute Gasteiger partial charge is 0.375 e. The summed E-state index contributed by atoms with van der Waals surface area (Å²) < 4.78 is 0. The summed E-state index contributed by atoms with van der Waals surface area (Å²) >= 11 is 0. The van der Waals surface area contributed by atoms with Crippen LogP contribution in [0.2, 0.25) is 0 Å². The fourth-order valence-corrected chi connectivity index (χ4v) is 0.619. The number of nitrogens with one attached hydrogen (secondary N) is 2. The molecular weight excluding hydrogens is 142 g/mol. The first-order valence-corrected chi connectivity index (χ1v) is 3.76. The van der Waals surface area contributed by atoms with Crippen molar-refractivity contribution in [2.75, 3.05) is 26.2 Å². The second-order valence-electron chi connectivity index (χ2n) is 2.17. The molecule has 0 bridgehead atoms. The third-order valence-corrected chi connectivity index (χ3v) is 1.20. The Bertz CT molecular complexity index is 97.7. The highest BCUT2D eigenvalue weighted by molar-refractivity contribution is 4.75. The molecule has 1 atom stereocenters. The second-order valence-corrected chi connectivity index (χ2v) is 2.17. The van der Waals surface area contributed by atoms with E-state index in [1.165, 1.54) is 6.08 Å². The van der Waals surface area contributed by atoms with Crippen LogP contribution in [0.5, 0.6) is 0 Å². The quantitative estimate of drug-likeness (QED) is 0.210. The average molecular weight is 159 g/mol. The van der Waals surface area contributed by atoms with Crippen LogP contribution in [0.4, 0.5) is 0 Å². The molecule has 0 fully saturated rings. The highest BCUT2D eigenvalue weighted by Crippen LogP contribution is 1.73. The number of nitrogens with two attached hydrogens (primary N) is 1. The lowest BCUT2D eigenvalue weighted by Crippen LogP contribution is -2.35. The number of aliphatic hydroxyl groups excluding tert-OH is 1. The lowest BCUT2D eigenvalue weighted by molar-refractivity contribution is 0.185. The van der Waals surface area contributed by atoms with Crippen molar-refractivity contribution < 1.29 is 5.11 Å². The lowest BCUT2D eigenvalue weighted by Gasteiger charge is -2.07. The number of hydrogen-bond donors (Lipinski definition) is 4. The van der Waals surface area contributed by atoms with Crippen molar-refractivity contribution in [3.63, 3.8) is 0 Å². The Hall–Kier alpha value is -0.420. The van der Waals surface area contributed by atoms with Crippen molar-refractivity contribution >= 4 is 0 Å². The minimum absolute atomic E-state index is 0.602. The molecule has 0 aliphatic heterocycles. The monoisotopic (exact) mass is 159 g/mol. The molecule has 0 saturated carbocycles. The Morgan fingerprint density at radius 1 is 1.45 bits per heavy atom. The van der Waals surface area contributed by atoms with Crippen molar-refractivity contribution in [3.05, 3.63) is 12.7 Å². The first kappa shape index (κ1) is 10.6. The zero-order chi connectivity index (χ0) is 8.53. The van der Waals surface area contributed by atoms with Crippen LogP contribution in [-0.2, 0) is 0 Å². The first-order chi connectivity index (χ1) is 5.31. The van der Waals surface area contributed by atoms with Gasteiger partial charge in [-0.2, -0.15) is 0 Å². The SMILES string of the molecule is C=CC(O)NCCNCCN. The number of aliphatic hydroxyl groups is 1. The molecule has 0 heterocycles. The van der Waals surface area contributed by atoms with Gasteiger partial charge in [0.2, 0.25) is 0 Å². The van der Waals surface area contributed by atoms with Gasteiger partial charge in [-0.05, 0) is 6.08 Å². The van der Waals surface area contributed by atoms with Gasteiger partial charge in [-0.15, -0.1) is 0 Å². The number of hydrogen-bond acceptors (Lipinski definition) is 4. The molecule has 4 heteroatoms. The van der Waals surface area contributed by atoms with E-state index in [-0.39, 0.29) is 0 Å². The maximum atomic E-state index is 8.93. The zero-order valence-corrected chi connectivity index (χ0v) is 6.71. The summed E-state index contributed by atoms with van der Waals surface area (Å²) in [7, 11) is 0. The van der Waals surface area contributed by atoms with E-state index in [0.29, 0.717) is 13.1 Å². The third kappa shape index (κ3) is 7.48. The fourth-order valence-electron chi connectivity index (χ4n) is 0.619. The maximum Gasteiger partial charge on any atom is 0.123 e. The van der Waals surface area contributed by atoms with E-state index in [2.05, 4.69) is 17.2 Å². The van der Waals surface area contributed by atoms with Gasteiger partial charge in [-0.25, -0.2) is 0 Å². The summed E-state index contributed by atoms with van der Waals surface area (Å²) in [5.74, 6) is 0. The molecule has 4 nitrogen and oxygen atoms in total. The predicted molar refractivity (Wildman–Crippen MR) is 46.1 cm³/mol. The molecule has 0 saturated heterocycles. The second kappa shape index (κ2) is 7.68. The standard InChI is InChI=1S/C7H17N3O/c1-2-7(11)10-6-5-9-4-3-8/h2,7,9-11H,1,3-6,8H2. The minimum Gasteiger partial charge on any atom is -0.375 e. The van der Waals surface area contributed by atoms with Crippen LogP contribution in [0.1, 0.15) is 0 Å².